The van der Waals surface area contributed by atoms with Crippen molar-refractivity contribution >= 4 is 17.8 Å². The molecule has 3 rings (SSSR count). The highest BCUT2D eigenvalue weighted by molar-refractivity contribution is 6.15. The van der Waals surface area contributed by atoms with Crippen LogP contribution in [0.3, 0.4) is 0 Å². The topological polar surface area (TPSA) is 60.3 Å². The fourth-order valence-corrected chi connectivity index (χ4v) is 3.16. The van der Waals surface area contributed by atoms with Gasteiger partial charge in [0.15, 0.2) is 11.7 Å². The lowest BCUT2D eigenvalue weighted by Crippen LogP contribution is -2.21. The van der Waals surface area contributed by atoms with Crippen molar-refractivity contribution in [3.63, 3.8) is 0 Å². The highest BCUT2D eigenvalue weighted by Crippen LogP contribution is 2.27. The molecule has 1 atom stereocenters. The molecular formula is C20H20N2O3. The van der Waals surface area contributed by atoms with E-state index in [-0.39, 0.29) is 5.78 Å². The van der Waals surface area contributed by atoms with Crippen LogP contribution in [-0.2, 0) is 14.3 Å². The zero-order chi connectivity index (χ0) is 18.1. The van der Waals surface area contributed by atoms with Gasteiger partial charge in [0.1, 0.15) is 0 Å². The van der Waals surface area contributed by atoms with Crippen molar-refractivity contribution in [2.45, 2.75) is 13.8 Å². The Hall–Kier alpha value is -3.08. The molecule has 1 N–H and O–H groups in total. The molecule has 1 saturated heterocycles. The molecule has 1 aliphatic heterocycles. The summed E-state index contributed by atoms with van der Waals surface area (Å²) in [7, 11) is 1.26. The van der Waals surface area contributed by atoms with Crippen molar-refractivity contribution < 1.29 is 14.3 Å². The van der Waals surface area contributed by atoms with Crippen LogP contribution in [0.1, 0.15) is 17.0 Å². The number of carbonyl (C=O) groups excluding carboxylic acids is 2. The zero-order valence-electron chi connectivity index (χ0n) is 14.5. The number of rotatable bonds is 3. The summed E-state index contributed by atoms with van der Waals surface area (Å²) in [6, 6.07) is 12.0. The molecule has 1 aromatic carbocycles. The molecular weight excluding hydrogens is 316 g/mol. The second-order valence-electron chi connectivity index (χ2n) is 6.03. The number of aryl methyl sites for hydroxylation is 1. The third-order valence-corrected chi connectivity index (χ3v) is 4.39. The maximum Gasteiger partial charge on any atom is 0.322 e. The number of para-hydroxylation sites is 1. The van der Waals surface area contributed by atoms with Gasteiger partial charge >= 0.3 is 5.97 Å². The Bertz CT molecular complexity index is 891. The molecule has 2 aromatic rings. The summed E-state index contributed by atoms with van der Waals surface area (Å²) in [5.74, 6) is -1.89. The number of hydrogen-bond acceptors (Lipinski definition) is 4. The van der Waals surface area contributed by atoms with Crippen LogP contribution in [0.4, 0.5) is 0 Å². The predicted molar refractivity (Wildman–Crippen MR) is 96.0 cm³/mol. The molecule has 0 radical (unpaired) electrons. The lowest BCUT2D eigenvalue weighted by atomic mass is 10.0. The molecule has 0 bridgehead atoms. The monoisotopic (exact) mass is 336 g/mol. The molecule has 1 aliphatic rings. The van der Waals surface area contributed by atoms with Gasteiger partial charge in [0.05, 0.1) is 12.8 Å². The molecule has 2 heterocycles. The second kappa shape index (κ2) is 6.43. The van der Waals surface area contributed by atoms with Gasteiger partial charge in [-0.15, -0.1) is 0 Å². The van der Waals surface area contributed by atoms with Crippen LogP contribution >= 0.6 is 0 Å². The Morgan fingerprint density at radius 1 is 1.28 bits per heavy atom. The van der Waals surface area contributed by atoms with Gasteiger partial charge < -0.3 is 14.6 Å². The van der Waals surface area contributed by atoms with E-state index in [2.05, 4.69) is 21.2 Å². The summed E-state index contributed by atoms with van der Waals surface area (Å²) in [5.41, 5.74) is 4.75. The summed E-state index contributed by atoms with van der Waals surface area (Å²) in [4.78, 5) is 24.3. The average molecular weight is 336 g/mol. The van der Waals surface area contributed by atoms with Crippen LogP contribution in [0.25, 0.3) is 11.8 Å². The highest BCUT2D eigenvalue weighted by atomic mass is 16.5. The van der Waals surface area contributed by atoms with Crippen molar-refractivity contribution in [3.8, 4) is 5.69 Å². The van der Waals surface area contributed by atoms with Gasteiger partial charge in [0.25, 0.3) is 0 Å². The largest absolute Gasteiger partial charge is 0.468 e. The number of ether oxygens (including phenoxy) is 1. The van der Waals surface area contributed by atoms with Gasteiger partial charge in [-0.3, -0.25) is 9.59 Å². The summed E-state index contributed by atoms with van der Waals surface area (Å²) >= 11 is 0. The summed E-state index contributed by atoms with van der Waals surface area (Å²) < 4.78 is 6.81. The number of carbonyl (C=O) groups is 2. The third-order valence-electron chi connectivity index (χ3n) is 4.39. The third kappa shape index (κ3) is 2.89. The van der Waals surface area contributed by atoms with Crippen molar-refractivity contribution in [1.82, 2.24) is 9.88 Å². The van der Waals surface area contributed by atoms with Crippen LogP contribution in [-0.4, -0.2) is 23.4 Å². The predicted octanol–water partition coefficient (Wildman–Crippen LogP) is 2.91. The minimum absolute atomic E-state index is 0.318. The molecule has 1 aromatic heterocycles. The number of Topliss-reactive ketones (excluding diaryl/α,β-unsaturated/α-hetero) is 1. The minimum Gasteiger partial charge on any atom is -0.468 e. The van der Waals surface area contributed by atoms with E-state index in [4.69, 9.17) is 0 Å². The van der Waals surface area contributed by atoms with E-state index in [1.807, 2.05) is 50.2 Å². The van der Waals surface area contributed by atoms with Crippen LogP contribution in [0, 0.1) is 19.8 Å². The van der Waals surface area contributed by atoms with Crippen molar-refractivity contribution in [2.24, 2.45) is 5.92 Å². The molecule has 128 valence electrons. The number of benzene rings is 1. The molecule has 0 spiro atoms. The summed E-state index contributed by atoms with van der Waals surface area (Å²) in [6.07, 6.45) is 1.76. The zero-order valence-corrected chi connectivity index (χ0v) is 14.5. The van der Waals surface area contributed by atoms with Gasteiger partial charge in [-0.05, 0) is 43.7 Å². The van der Waals surface area contributed by atoms with Crippen molar-refractivity contribution in [1.29, 1.82) is 0 Å². The standard InChI is InChI=1S/C20H20N2O3/c1-12-10-15(14(3)22(12)16-8-6-5-7-9-16)11-17-19(23)18(13(2)21-17)20(24)25-4/h5-11,18,21H,2H2,1,3-4H3. The number of allylic oxidation sites excluding steroid dienone is 1. The first-order valence-corrected chi connectivity index (χ1v) is 7.98. The number of nitrogens with zero attached hydrogens (tertiary/aromatic N) is 1. The van der Waals surface area contributed by atoms with E-state index in [1.165, 1.54) is 7.11 Å². The molecule has 5 nitrogen and oxygen atoms in total. The Morgan fingerprint density at radius 2 is 1.96 bits per heavy atom. The van der Waals surface area contributed by atoms with Crippen LogP contribution in [0.5, 0.6) is 0 Å². The van der Waals surface area contributed by atoms with Gasteiger partial charge in [-0.2, -0.15) is 0 Å². The van der Waals surface area contributed by atoms with Gasteiger partial charge in [0.2, 0.25) is 0 Å². The minimum atomic E-state index is -0.978. The number of ketones is 1. The lowest BCUT2D eigenvalue weighted by molar-refractivity contribution is -0.146. The SMILES string of the molecule is C=C1NC(=Cc2cc(C)n(-c3ccccc3)c2C)C(=O)C1C(=O)OC. The summed E-state index contributed by atoms with van der Waals surface area (Å²) in [6.45, 7) is 7.78. The van der Waals surface area contributed by atoms with Crippen molar-refractivity contribution in [2.75, 3.05) is 7.11 Å². The van der Waals surface area contributed by atoms with E-state index in [0.29, 0.717) is 11.4 Å². The number of aromatic nitrogens is 1. The van der Waals surface area contributed by atoms with Gasteiger partial charge in [-0.1, -0.05) is 24.8 Å². The van der Waals surface area contributed by atoms with E-state index in [9.17, 15) is 9.59 Å². The highest BCUT2D eigenvalue weighted by Gasteiger charge is 2.39. The number of nitrogens with one attached hydrogen (secondary N) is 1. The smallest absolute Gasteiger partial charge is 0.322 e. The molecule has 0 saturated carbocycles. The van der Waals surface area contributed by atoms with Gasteiger partial charge in [0, 0.05) is 22.8 Å². The number of methoxy groups -OCH3 is 1. The molecule has 5 heteroatoms. The Balaban J connectivity index is 1.99. The van der Waals surface area contributed by atoms with E-state index < -0.39 is 11.9 Å². The van der Waals surface area contributed by atoms with Crippen LogP contribution in [0.15, 0.2) is 54.4 Å². The Morgan fingerprint density at radius 3 is 2.60 bits per heavy atom. The fourth-order valence-electron chi connectivity index (χ4n) is 3.16. The van der Waals surface area contributed by atoms with Crippen LogP contribution in [0.2, 0.25) is 0 Å². The normalized spacial score (nSPS) is 18.5. The molecule has 1 fully saturated rings. The van der Waals surface area contributed by atoms with E-state index in [0.717, 1.165) is 22.6 Å². The quantitative estimate of drug-likeness (QED) is 0.532. The Kier molecular flexibility index (Phi) is 4.31. The Labute approximate surface area is 146 Å². The molecule has 25 heavy (non-hydrogen) atoms. The van der Waals surface area contributed by atoms with E-state index in [1.54, 1.807) is 6.08 Å². The van der Waals surface area contributed by atoms with Crippen LogP contribution < -0.4 is 5.32 Å². The van der Waals surface area contributed by atoms with Gasteiger partial charge in [-0.25, -0.2) is 0 Å². The lowest BCUT2D eigenvalue weighted by Gasteiger charge is -2.09. The number of hydrogen-bond donors (Lipinski definition) is 1. The first-order valence-electron chi connectivity index (χ1n) is 7.98. The fraction of sp³-hybridized carbons (Fsp3) is 0.200. The summed E-state index contributed by atoms with van der Waals surface area (Å²) in [5, 5.41) is 2.92. The maximum absolute atomic E-state index is 12.5. The molecule has 1 unspecified atom stereocenters. The van der Waals surface area contributed by atoms with E-state index >= 15 is 0 Å². The van der Waals surface area contributed by atoms with Crippen molar-refractivity contribution in [3.05, 3.63) is 71.3 Å². The second-order valence-corrected chi connectivity index (χ2v) is 6.03. The maximum atomic E-state index is 12.5. The first-order chi connectivity index (χ1) is 11.9. The molecule has 0 amide bonds. The first kappa shape index (κ1) is 16.8. The number of esters is 1. The average Bonchev–Trinajstić information content (AvgIpc) is 3.03. The molecule has 0 aliphatic carbocycles.